The summed E-state index contributed by atoms with van der Waals surface area (Å²) in [6.07, 6.45) is 34.3. The lowest BCUT2D eigenvalue weighted by Crippen LogP contribution is -2.35. The lowest BCUT2D eigenvalue weighted by atomic mass is 10.0. The lowest BCUT2D eigenvalue weighted by Gasteiger charge is -2.23. The molecule has 32 heavy (non-hydrogen) atoms. The normalized spacial score (nSPS) is 11.4. The zero-order valence-electron chi connectivity index (χ0n) is 23.8. The molecule has 1 nitrogen and oxygen atoms in total. The summed E-state index contributed by atoms with van der Waals surface area (Å²) in [5.74, 6) is 0. The average Bonchev–Trinajstić information content (AvgIpc) is 2.75. The van der Waals surface area contributed by atoms with Crippen LogP contribution in [0.2, 0.25) is 0 Å². The first kappa shape index (κ1) is 34.1. The second-order valence-electron chi connectivity index (χ2n) is 11.3. The highest BCUT2D eigenvalue weighted by atomic mass is 15.3. The SMILES string of the molecule is CCCCCCCCCCCCCCCC[N+](C)(C)C.[CH2]CCCCCCCCCCC. The van der Waals surface area contributed by atoms with E-state index < -0.39 is 0 Å². The van der Waals surface area contributed by atoms with E-state index in [0.717, 1.165) is 10.9 Å². The third kappa shape index (κ3) is 37.3. The molecule has 1 heteroatoms. The van der Waals surface area contributed by atoms with E-state index in [9.17, 15) is 0 Å². The van der Waals surface area contributed by atoms with Gasteiger partial charge in [0.05, 0.1) is 27.7 Å². The molecule has 0 amide bonds. The van der Waals surface area contributed by atoms with Gasteiger partial charge in [0.2, 0.25) is 0 Å². The van der Waals surface area contributed by atoms with Crippen LogP contribution in [0.4, 0.5) is 0 Å². The molecule has 0 aliphatic heterocycles. The maximum atomic E-state index is 3.84. The molecular weight excluding hydrogens is 386 g/mol. The van der Waals surface area contributed by atoms with Crippen molar-refractivity contribution in [3.8, 4) is 0 Å². The van der Waals surface area contributed by atoms with Gasteiger partial charge in [-0.25, -0.2) is 0 Å². The summed E-state index contributed by atoms with van der Waals surface area (Å²) in [5.41, 5.74) is 0. The Bertz CT molecular complexity index is 294. The predicted octanol–water partition coefficient (Wildman–Crippen LogP) is 10.9. The first-order valence-electron chi connectivity index (χ1n) is 15.1. The van der Waals surface area contributed by atoms with Crippen molar-refractivity contribution in [2.24, 2.45) is 0 Å². The molecule has 0 N–H and O–H groups in total. The summed E-state index contributed by atoms with van der Waals surface area (Å²) in [6, 6.07) is 0. The van der Waals surface area contributed by atoms with Crippen LogP contribution in [-0.2, 0) is 0 Å². The molecule has 0 aromatic rings. The maximum absolute atomic E-state index is 3.84. The van der Waals surface area contributed by atoms with Gasteiger partial charge in [-0.3, -0.25) is 0 Å². The Morgan fingerprint density at radius 2 is 0.625 bits per heavy atom. The molecule has 0 aromatic heterocycles. The van der Waals surface area contributed by atoms with Gasteiger partial charge in [0.1, 0.15) is 0 Å². The van der Waals surface area contributed by atoms with Gasteiger partial charge in [0, 0.05) is 0 Å². The van der Waals surface area contributed by atoms with E-state index in [1.54, 1.807) is 0 Å². The molecule has 0 atom stereocenters. The van der Waals surface area contributed by atoms with Crippen molar-refractivity contribution in [2.45, 2.75) is 168 Å². The second kappa shape index (κ2) is 29.0. The van der Waals surface area contributed by atoms with Gasteiger partial charge in [-0.15, -0.1) is 0 Å². The van der Waals surface area contributed by atoms with E-state index >= 15 is 0 Å². The van der Waals surface area contributed by atoms with E-state index in [1.807, 2.05) is 0 Å². The molecule has 0 heterocycles. The van der Waals surface area contributed by atoms with Crippen molar-refractivity contribution in [2.75, 3.05) is 27.7 Å². The molecule has 0 spiro atoms. The molecule has 0 saturated heterocycles. The van der Waals surface area contributed by atoms with E-state index in [-0.39, 0.29) is 0 Å². The minimum absolute atomic E-state index is 1.12. The van der Waals surface area contributed by atoms with E-state index in [0.29, 0.717) is 0 Å². The topological polar surface area (TPSA) is 0 Å². The van der Waals surface area contributed by atoms with Crippen LogP contribution in [0.15, 0.2) is 0 Å². The van der Waals surface area contributed by atoms with Crippen LogP contribution in [0.1, 0.15) is 168 Å². The summed E-state index contributed by atoms with van der Waals surface area (Å²) >= 11 is 0. The Balaban J connectivity index is 0. The average molecular weight is 454 g/mol. The molecular formula is C31H67N+. The van der Waals surface area contributed by atoms with Gasteiger partial charge < -0.3 is 4.48 Å². The molecule has 0 saturated carbocycles. The van der Waals surface area contributed by atoms with E-state index in [4.69, 9.17) is 0 Å². The number of hydrogen-bond acceptors (Lipinski definition) is 0. The molecule has 1 radical (unpaired) electrons. The molecule has 0 unspecified atom stereocenters. The third-order valence-electron chi connectivity index (χ3n) is 6.54. The van der Waals surface area contributed by atoms with E-state index in [1.165, 1.54) is 154 Å². The van der Waals surface area contributed by atoms with E-state index in [2.05, 4.69) is 41.9 Å². The first-order chi connectivity index (χ1) is 15.5. The summed E-state index contributed by atoms with van der Waals surface area (Å²) in [6.45, 7) is 9.74. The third-order valence-corrected chi connectivity index (χ3v) is 6.54. The van der Waals surface area contributed by atoms with Crippen LogP contribution in [0.25, 0.3) is 0 Å². The Labute approximate surface area is 207 Å². The van der Waals surface area contributed by atoms with Crippen LogP contribution >= 0.6 is 0 Å². The predicted molar refractivity (Wildman–Crippen MR) is 150 cm³/mol. The number of unbranched alkanes of at least 4 members (excludes halogenated alkanes) is 22. The van der Waals surface area contributed by atoms with Crippen molar-refractivity contribution in [1.29, 1.82) is 0 Å². The number of hydrogen-bond donors (Lipinski definition) is 0. The summed E-state index contributed by atoms with van der Waals surface area (Å²) in [5, 5.41) is 0. The molecule has 0 aliphatic rings. The van der Waals surface area contributed by atoms with Crippen LogP contribution in [0.5, 0.6) is 0 Å². The largest absolute Gasteiger partial charge is 0.331 e. The lowest BCUT2D eigenvalue weighted by molar-refractivity contribution is -0.870. The first-order valence-corrected chi connectivity index (χ1v) is 15.1. The Morgan fingerprint density at radius 1 is 0.375 bits per heavy atom. The van der Waals surface area contributed by atoms with Crippen LogP contribution < -0.4 is 0 Å². The quantitative estimate of drug-likeness (QED) is 0.101. The monoisotopic (exact) mass is 454 g/mol. The maximum Gasteiger partial charge on any atom is 0.0780 e. The smallest absolute Gasteiger partial charge is 0.0780 e. The van der Waals surface area contributed by atoms with Gasteiger partial charge in [-0.2, -0.15) is 0 Å². The summed E-state index contributed by atoms with van der Waals surface area (Å²) in [4.78, 5) is 0. The Hall–Kier alpha value is -0.0400. The zero-order valence-corrected chi connectivity index (χ0v) is 23.8. The second-order valence-corrected chi connectivity index (χ2v) is 11.3. The van der Waals surface area contributed by atoms with Gasteiger partial charge in [0.25, 0.3) is 0 Å². The highest BCUT2D eigenvalue weighted by molar-refractivity contribution is 4.49. The molecule has 0 aromatic carbocycles. The van der Waals surface area contributed by atoms with Crippen LogP contribution in [0.3, 0.4) is 0 Å². The van der Waals surface area contributed by atoms with Crippen molar-refractivity contribution >= 4 is 0 Å². The summed E-state index contributed by atoms with van der Waals surface area (Å²) < 4.78 is 1.12. The fourth-order valence-electron chi connectivity index (χ4n) is 4.27. The molecule has 0 aliphatic carbocycles. The number of quaternary nitrogens is 1. The minimum Gasteiger partial charge on any atom is -0.331 e. The van der Waals surface area contributed by atoms with Crippen LogP contribution in [0, 0.1) is 6.92 Å². The van der Waals surface area contributed by atoms with Crippen LogP contribution in [-0.4, -0.2) is 32.2 Å². The van der Waals surface area contributed by atoms with Gasteiger partial charge in [-0.05, 0) is 12.8 Å². The minimum atomic E-state index is 1.12. The Morgan fingerprint density at radius 3 is 0.875 bits per heavy atom. The van der Waals surface area contributed by atoms with Gasteiger partial charge >= 0.3 is 0 Å². The van der Waals surface area contributed by atoms with Crippen molar-refractivity contribution in [3.63, 3.8) is 0 Å². The van der Waals surface area contributed by atoms with Crippen molar-refractivity contribution in [3.05, 3.63) is 6.92 Å². The standard InChI is InChI=1S/C19H42N.C12H25/c1-5-6-7-8-9-10-11-12-13-14-15-16-17-18-19-20(2,3)4;1-3-5-7-9-11-12-10-8-6-4-2/h5-19H2,1-4H3;1,3-12H2,2H3/q+1;. The molecule has 0 bridgehead atoms. The van der Waals surface area contributed by atoms with Gasteiger partial charge in [0.15, 0.2) is 0 Å². The Kier molecular flexibility index (Phi) is 30.9. The highest BCUT2D eigenvalue weighted by Crippen LogP contribution is 2.13. The van der Waals surface area contributed by atoms with Crippen molar-refractivity contribution < 1.29 is 4.48 Å². The fraction of sp³-hybridized carbons (Fsp3) is 0.968. The van der Waals surface area contributed by atoms with Gasteiger partial charge in [-0.1, -0.05) is 162 Å². The number of nitrogens with zero attached hydrogens (tertiary/aromatic N) is 1. The zero-order chi connectivity index (χ0) is 24.2. The molecule has 0 rings (SSSR count). The molecule has 0 fully saturated rings. The molecule has 195 valence electrons. The fourth-order valence-corrected chi connectivity index (χ4v) is 4.27. The van der Waals surface area contributed by atoms with Crippen molar-refractivity contribution in [1.82, 2.24) is 0 Å². The highest BCUT2D eigenvalue weighted by Gasteiger charge is 2.04. The number of rotatable bonds is 24. The summed E-state index contributed by atoms with van der Waals surface area (Å²) in [7, 11) is 6.88.